The predicted octanol–water partition coefficient (Wildman–Crippen LogP) is 3.27. The second-order valence-corrected chi connectivity index (χ2v) is 7.49. The number of rotatable bonds is 4. The summed E-state index contributed by atoms with van der Waals surface area (Å²) in [6, 6.07) is 12.7. The smallest absolute Gasteiger partial charge is 0.253 e. The second kappa shape index (κ2) is 8.51. The second-order valence-electron chi connectivity index (χ2n) is 6.57. The lowest BCUT2D eigenvalue weighted by molar-refractivity contribution is 0.0997. The van der Waals surface area contributed by atoms with Crippen LogP contribution in [0.2, 0.25) is 0 Å². The summed E-state index contributed by atoms with van der Waals surface area (Å²) in [7, 11) is 0. The van der Waals surface area contributed by atoms with Crippen molar-refractivity contribution in [1.29, 1.82) is 5.26 Å². The highest BCUT2D eigenvalue weighted by Gasteiger charge is 2.22. The summed E-state index contributed by atoms with van der Waals surface area (Å²) in [5.74, 6) is -1.36. The van der Waals surface area contributed by atoms with Crippen molar-refractivity contribution >= 4 is 27.5 Å². The zero-order valence-electron chi connectivity index (χ0n) is 14.8. The molecule has 1 aliphatic heterocycles. The minimum absolute atomic E-state index is 0.0567. The van der Waals surface area contributed by atoms with Crippen LogP contribution in [0.1, 0.15) is 27.9 Å². The van der Waals surface area contributed by atoms with Gasteiger partial charge in [-0.15, -0.1) is 0 Å². The van der Waals surface area contributed by atoms with Gasteiger partial charge in [-0.25, -0.2) is 4.39 Å². The van der Waals surface area contributed by atoms with Gasteiger partial charge >= 0.3 is 0 Å². The molecule has 1 heterocycles. The summed E-state index contributed by atoms with van der Waals surface area (Å²) >= 11 is 3.30. The van der Waals surface area contributed by atoms with Crippen LogP contribution in [0.3, 0.4) is 0 Å². The molecule has 0 radical (unpaired) electrons. The first-order chi connectivity index (χ1) is 13.0. The van der Waals surface area contributed by atoms with E-state index < -0.39 is 11.7 Å². The predicted molar refractivity (Wildman–Crippen MR) is 106 cm³/mol. The topological polar surface area (TPSA) is 73.4 Å². The number of halogens is 2. The van der Waals surface area contributed by atoms with Crippen LogP contribution in [0, 0.1) is 17.1 Å². The summed E-state index contributed by atoms with van der Waals surface area (Å²) < 4.78 is 14.8. The SMILES string of the molecule is N#Cc1ccc(CN2CCCN(c3cc(Br)cc(F)c3C(N)=O)CC2)cc1. The van der Waals surface area contributed by atoms with Crippen molar-refractivity contribution in [3.05, 3.63) is 63.4 Å². The lowest BCUT2D eigenvalue weighted by Gasteiger charge is -2.26. The van der Waals surface area contributed by atoms with Crippen molar-refractivity contribution in [1.82, 2.24) is 4.90 Å². The molecule has 7 heteroatoms. The van der Waals surface area contributed by atoms with E-state index in [1.165, 1.54) is 6.07 Å². The van der Waals surface area contributed by atoms with Crippen LogP contribution >= 0.6 is 15.9 Å². The molecule has 0 unspecified atom stereocenters. The number of hydrogen-bond acceptors (Lipinski definition) is 4. The van der Waals surface area contributed by atoms with Gasteiger partial charge in [0.05, 0.1) is 22.9 Å². The standard InChI is InChI=1S/C20H20BrFN4O/c21-16-10-17(22)19(20(24)27)18(11-16)26-7-1-6-25(8-9-26)13-15-4-2-14(12-23)3-5-15/h2-5,10-11H,1,6-9,13H2,(H2,24,27). The third-order valence-electron chi connectivity index (χ3n) is 4.70. The number of anilines is 1. The Morgan fingerprint density at radius 3 is 2.59 bits per heavy atom. The molecule has 0 aliphatic carbocycles. The van der Waals surface area contributed by atoms with E-state index >= 15 is 0 Å². The number of carbonyl (C=O) groups is 1. The molecule has 1 aliphatic rings. The Kier molecular flexibility index (Phi) is 6.09. The largest absolute Gasteiger partial charge is 0.369 e. The molecule has 0 saturated carbocycles. The highest BCUT2D eigenvalue weighted by Crippen LogP contribution is 2.29. The first-order valence-electron chi connectivity index (χ1n) is 8.73. The van der Waals surface area contributed by atoms with Crippen LogP contribution < -0.4 is 10.6 Å². The summed E-state index contributed by atoms with van der Waals surface area (Å²) in [5, 5.41) is 8.90. The van der Waals surface area contributed by atoms with Crippen LogP contribution in [0.15, 0.2) is 40.9 Å². The first-order valence-corrected chi connectivity index (χ1v) is 9.52. The fourth-order valence-electron chi connectivity index (χ4n) is 3.37. The first kappa shape index (κ1) is 19.3. The van der Waals surface area contributed by atoms with E-state index in [2.05, 4.69) is 26.9 Å². The number of nitrogens with zero attached hydrogens (tertiary/aromatic N) is 3. The van der Waals surface area contributed by atoms with E-state index in [9.17, 15) is 9.18 Å². The van der Waals surface area contributed by atoms with E-state index in [-0.39, 0.29) is 5.56 Å². The molecule has 2 N–H and O–H groups in total. The van der Waals surface area contributed by atoms with Gasteiger partial charge in [-0.05, 0) is 36.2 Å². The summed E-state index contributed by atoms with van der Waals surface area (Å²) in [5.41, 5.74) is 7.69. The Hall–Kier alpha value is -2.43. The van der Waals surface area contributed by atoms with Crippen molar-refractivity contribution in [3.63, 3.8) is 0 Å². The maximum Gasteiger partial charge on any atom is 0.253 e. The van der Waals surface area contributed by atoms with Crippen LogP contribution in [-0.4, -0.2) is 37.0 Å². The van der Waals surface area contributed by atoms with Crippen molar-refractivity contribution in [2.24, 2.45) is 5.73 Å². The molecule has 0 atom stereocenters. The minimum Gasteiger partial charge on any atom is -0.369 e. The van der Waals surface area contributed by atoms with Crippen LogP contribution in [0.4, 0.5) is 10.1 Å². The average molecular weight is 431 g/mol. The highest BCUT2D eigenvalue weighted by molar-refractivity contribution is 9.10. The van der Waals surface area contributed by atoms with Crippen LogP contribution in [-0.2, 0) is 6.54 Å². The van der Waals surface area contributed by atoms with E-state index in [1.807, 2.05) is 29.2 Å². The molecule has 1 saturated heterocycles. The number of hydrogen-bond donors (Lipinski definition) is 1. The summed E-state index contributed by atoms with van der Waals surface area (Å²) in [6.07, 6.45) is 0.891. The minimum atomic E-state index is -0.756. The molecule has 140 valence electrons. The molecular formula is C20H20BrFN4O. The van der Waals surface area contributed by atoms with E-state index in [1.54, 1.807) is 6.07 Å². The zero-order valence-corrected chi connectivity index (χ0v) is 16.4. The highest BCUT2D eigenvalue weighted by atomic mass is 79.9. The number of benzene rings is 2. The molecule has 2 aromatic carbocycles. The number of nitrogens with two attached hydrogens (primary N) is 1. The molecule has 0 aromatic heterocycles. The van der Waals surface area contributed by atoms with E-state index in [0.717, 1.165) is 38.2 Å². The van der Waals surface area contributed by atoms with Gasteiger partial charge in [-0.2, -0.15) is 5.26 Å². The van der Waals surface area contributed by atoms with Gasteiger partial charge in [0.15, 0.2) is 0 Å². The summed E-state index contributed by atoms with van der Waals surface area (Å²) in [6.45, 7) is 3.87. The molecule has 0 spiro atoms. The average Bonchev–Trinajstić information content (AvgIpc) is 2.87. The van der Waals surface area contributed by atoms with Crippen molar-refractivity contribution in [2.45, 2.75) is 13.0 Å². The molecule has 1 fully saturated rings. The third-order valence-corrected chi connectivity index (χ3v) is 5.16. The quantitative estimate of drug-likeness (QED) is 0.807. The molecule has 1 amide bonds. The van der Waals surface area contributed by atoms with Crippen molar-refractivity contribution in [3.8, 4) is 6.07 Å². The van der Waals surface area contributed by atoms with Crippen LogP contribution in [0.25, 0.3) is 0 Å². The molecule has 2 aromatic rings. The van der Waals surface area contributed by atoms with E-state index in [0.29, 0.717) is 22.3 Å². The van der Waals surface area contributed by atoms with E-state index in [4.69, 9.17) is 11.0 Å². The fraction of sp³-hybridized carbons (Fsp3) is 0.300. The molecular weight excluding hydrogens is 411 g/mol. The van der Waals surface area contributed by atoms with Gasteiger partial charge in [-0.3, -0.25) is 9.69 Å². The zero-order chi connectivity index (χ0) is 19.4. The Bertz CT molecular complexity index is 879. The number of primary amides is 1. The number of carbonyl (C=O) groups excluding carboxylic acids is 1. The van der Waals surface area contributed by atoms with Crippen LogP contribution in [0.5, 0.6) is 0 Å². The maximum atomic E-state index is 14.3. The van der Waals surface area contributed by atoms with Gasteiger partial charge in [0.1, 0.15) is 5.82 Å². The van der Waals surface area contributed by atoms with Gasteiger partial charge < -0.3 is 10.6 Å². The Morgan fingerprint density at radius 1 is 1.19 bits per heavy atom. The molecule has 0 bridgehead atoms. The molecule has 3 rings (SSSR count). The monoisotopic (exact) mass is 430 g/mol. The number of nitriles is 1. The Morgan fingerprint density at radius 2 is 1.93 bits per heavy atom. The molecule has 27 heavy (non-hydrogen) atoms. The summed E-state index contributed by atoms with van der Waals surface area (Å²) in [4.78, 5) is 16.1. The van der Waals surface area contributed by atoms with Crippen molar-refractivity contribution in [2.75, 3.05) is 31.1 Å². The molecule has 5 nitrogen and oxygen atoms in total. The lowest BCUT2D eigenvalue weighted by Crippen LogP contribution is -2.32. The maximum absolute atomic E-state index is 14.3. The van der Waals surface area contributed by atoms with Gasteiger partial charge in [0.2, 0.25) is 0 Å². The lowest BCUT2D eigenvalue weighted by atomic mass is 10.1. The normalized spacial score (nSPS) is 15.2. The van der Waals surface area contributed by atoms with Gasteiger partial charge in [0, 0.05) is 37.2 Å². The van der Waals surface area contributed by atoms with Gasteiger partial charge in [-0.1, -0.05) is 28.1 Å². The fourth-order valence-corrected chi connectivity index (χ4v) is 3.78. The Labute approximate surface area is 166 Å². The third kappa shape index (κ3) is 4.65. The number of amides is 1. The van der Waals surface area contributed by atoms with Gasteiger partial charge in [0.25, 0.3) is 5.91 Å². The van der Waals surface area contributed by atoms with Crippen molar-refractivity contribution < 1.29 is 9.18 Å². The Balaban J connectivity index is 1.73.